The molecule has 0 saturated carbocycles. The molecule has 36 heavy (non-hydrogen) atoms. The zero-order valence-electron chi connectivity index (χ0n) is 20.4. The fourth-order valence-corrected chi connectivity index (χ4v) is 5.09. The second-order valence-electron chi connectivity index (χ2n) is 8.15. The van der Waals surface area contributed by atoms with E-state index in [1.54, 1.807) is 30.3 Å². The van der Waals surface area contributed by atoms with Crippen LogP contribution in [0.15, 0.2) is 52.3 Å². The molecule has 0 spiro atoms. The molecule has 3 heterocycles. The number of amides is 1. The molecule has 1 aromatic carbocycles. The number of aryl methyl sites for hydroxylation is 1. The summed E-state index contributed by atoms with van der Waals surface area (Å²) in [5.74, 6) is 0.962. The van der Waals surface area contributed by atoms with Crippen LogP contribution in [0.4, 0.5) is 5.82 Å². The normalized spacial score (nSPS) is 14.8. The van der Waals surface area contributed by atoms with Crippen LogP contribution in [0, 0.1) is 6.92 Å². The van der Waals surface area contributed by atoms with Gasteiger partial charge in [0.15, 0.2) is 0 Å². The zero-order chi connectivity index (χ0) is 25.7. The minimum Gasteiger partial charge on any atom is -0.497 e. The quantitative estimate of drug-likeness (QED) is 0.239. The molecule has 0 unspecified atom stereocenters. The second-order valence-corrected chi connectivity index (χ2v) is 9.83. The van der Waals surface area contributed by atoms with E-state index in [0.717, 1.165) is 16.9 Å². The number of fused-ring (bicyclic) bond motifs is 1. The third kappa shape index (κ3) is 5.61. The van der Waals surface area contributed by atoms with Gasteiger partial charge >= 0.3 is 0 Å². The summed E-state index contributed by atoms with van der Waals surface area (Å²) < 4.78 is 12.6. The fourth-order valence-electron chi connectivity index (χ4n) is 3.80. The number of thiocarbonyl (C=S) groups is 1. The molecule has 3 aromatic rings. The summed E-state index contributed by atoms with van der Waals surface area (Å²) in [6.07, 6.45) is 3.96. The summed E-state index contributed by atoms with van der Waals surface area (Å²) in [5.41, 5.74) is 2.47. The molecule has 0 bridgehead atoms. The Kier molecular flexibility index (Phi) is 8.40. The highest BCUT2D eigenvalue weighted by molar-refractivity contribution is 8.26. The number of rotatable bonds is 10. The second kappa shape index (κ2) is 11.7. The molecule has 0 atom stereocenters. The number of carbonyl (C=O) groups excluding carboxylic acids is 1. The van der Waals surface area contributed by atoms with Crippen molar-refractivity contribution < 1.29 is 14.3 Å². The van der Waals surface area contributed by atoms with Crippen molar-refractivity contribution in [1.82, 2.24) is 14.3 Å². The molecular weight excluding hydrogens is 496 g/mol. The average Bonchev–Trinajstić information content (AvgIpc) is 3.15. The number of pyridine rings is 1. The number of carbonyl (C=O) groups is 1. The lowest BCUT2D eigenvalue weighted by molar-refractivity contribution is -0.122. The van der Waals surface area contributed by atoms with Gasteiger partial charge in [0, 0.05) is 32.5 Å². The number of nitrogens with zero attached hydrogens (tertiary/aromatic N) is 3. The zero-order valence-corrected chi connectivity index (χ0v) is 22.1. The molecule has 10 heteroatoms. The van der Waals surface area contributed by atoms with Crippen LogP contribution in [0.3, 0.4) is 0 Å². The van der Waals surface area contributed by atoms with Gasteiger partial charge in [0.25, 0.3) is 11.5 Å². The van der Waals surface area contributed by atoms with Crippen molar-refractivity contribution in [3.63, 3.8) is 0 Å². The SMILES string of the molecule is CCOCCCN1C(=O)/C(=C/c2c(NCc3ccc(OC)cc3)nc3c(C)cccn3c2=O)SC1=S. The molecule has 1 aliphatic rings. The third-order valence-electron chi connectivity index (χ3n) is 5.73. The molecule has 1 fully saturated rings. The maximum atomic E-state index is 13.5. The van der Waals surface area contributed by atoms with Crippen molar-refractivity contribution in [3.05, 3.63) is 74.5 Å². The van der Waals surface area contributed by atoms with Gasteiger partial charge in [0.05, 0.1) is 17.6 Å². The highest BCUT2D eigenvalue weighted by Gasteiger charge is 2.32. The Balaban J connectivity index is 1.68. The van der Waals surface area contributed by atoms with Crippen LogP contribution in [-0.2, 0) is 16.1 Å². The molecule has 1 amide bonds. The van der Waals surface area contributed by atoms with Crippen LogP contribution in [0.5, 0.6) is 5.75 Å². The number of ether oxygens (including phenoxy) is 2. The monoisotopic (exact) mass is 524 g/mol. The van der Waals surface area contributed by atoms with Crippen LogP contribution in [0.2, 0.25) is 0 Å². The molecule has 0 aliphatic carbocycles. The van der Waals surface area contributed by atoms with E-state index in [0.29, 0.717) is 59.0 Å². The van der Waals surface area contributed by atoms with E-state index >= 15 is 0 Å². The van der Waals surface area contributed by atoms with E-state index in [2.05, 4.69) is 5.32 Å². The van der Waals surface area contributed by atoms with E-state index < -0.39 is 0 Å². The number of aromatic nitrogens is 2. The van der Waals surface area contributed by atoms with Gasteiger partial charge in [-0.3, -0.25) is 18.9 Å². The van der Waals surface area contributed by atoms with E-state index in [1.165, 1.54) is 16.2 Å². The van der Waals surface area contributed by atoms with Crippen LogP contribution in [0.25, 0.3) is 11.7 Å². The van der Waals surface area contributed by atoms with Crippen LogP contribution < -0.4 is 15.6 Å². The molecule has 0 radical (unpaired) electrons. The van der Waals surface area contributed by atoms with Crippen molar-refractivity contribution in [3.8, 4) is 5.75 Å². The van der Waals surface area contributed by atoms with E-state index in [9.17, 15) is 9.59 Å². The largest absolute Gasteiger partial charge is 0.497 e. The van der Waals surface area contributed by atoms with Crippen molar-refractivity contribution >= 4 is 51.7 Å². The Morgan fingerprint density at radius 2 is 1.97 bits per heavy atom. The van der Waals surface area contributed by atoms with Gasteiger partial charge in [-0.05, 0) is 55.7 Å². The Morgan fingerprint density at radius 3 is 2.69 bits per heavy atom. The molecule has 8 nitrogen and oxygen atoms in total. The number of hydrogen-bond donors (Lipinski definition) is 1. The predicted molar refractivity (Wildman–Crippen MR) is 148 cm³/mol. The van der Waals surface area contributed by atoms with Crippen molar-refractivity contribution in [2.75, 3.05) is 32.2 Å². The highest BCUT2D eigenvalue weighted by Crippen LogP contribution is 2.33. The molecule has 4 rings (SSSR count). The number of methoxy groups -OCH3 is 1. The first kappa shape index (κ1) is 25.9. The molecule has 2 aromatic heterocycles. The van der Waals surface area contributed by atoms with E-state index in [1.807, 2.05) is 44.2 Å². The molecule has 1 N–H and O–H groups in total. The summed E-state index contributed by atoms with van der Waals surface area (Å²) in [5, 5.41) is 3.29. The van der Waals surface area contributed by atoms with Gasteiger partial charge < -0.3 is 14.8 Å². The third-order valence-corrected chi connectivity index (χ3v) is 7.10. The first-order valence-corrected chi connectivity index (χ1v) is 12.9. The van der Waals surface area contributed by atoms with E-state index in [-0.39, 0.29) is 11.5 Å². The first-order valence-electron chi connectivity index (χ1n) is 11.6. The summed E-state index contributed by atoms with van der Waals surface area (Å²) in [4.78, 5) is 33.4. The Labute approximate surface area is 219 Å². The Morgan fingerprint density at radius 1 is 1.19 bits per heavy atom. The lowest BCUT2D eigenvalue weighted by atomic mass is 10.2. The minimum atomic E-state index is -0.262. The maximum Gasteiger partial charge on any atom is 0.267 e. The topological polar surface area (TPSA) is 85.2 Å². The van der Waals surface area contributed by atoms with Crippen molar-refractivity contribution in [2.24, 2.45) is 0 Å². The van der Waals surface area contributed by atoms with Gasteiger partial charge in [-0.25, -0.2) is 4.98 Å². The van der Waals surface area contributed by atoms with Crippen LogP contribution >= 0.6 is 24.0 Å². The van der Waals surface area contributed by atoms with Gasteiger partial charge in [0.1, 0.15) is 21.5 Å². The average molecular weight is 525 g/mol. The number of nitrogens with one attached hydrogen (secondary N) is 1. The Hall–Kier alpha value is -3.21. The smallest absolute Gasteiger partial charge is 0.267 e. The lowest BCUT2D eigenvalue weighted by Crippen LogP contribution is -2.29. The number of hydrogen-bond acceptors (Lipinski definition) is 8. The minimum absolute atomic E-state index is 0.212. The van der Waals surface area contributed by atoms with Crippen molar-refractivity contribution in [1.29, 1.82) is 0 Å². The highest BCUT2D eigenvalue weighted by atomic mass is 32.2. The molecule has 1 saturated heterocycles. The number of thioether (sulfide) groups is 1. The molecule has 188 valence electrons. The van der Waals surface area contributed by atoms with Crippen molar-refractivity contribution in [2.45, 2.75) is 26.8 Å². The van der Waals surface area contributed by atoms with Gasteiger partial charge in [0.2, 0.25) is 0 Å². The van der Waals surface area contributed by atoms with Gasteiger partial charge in [-0.15, -0.1) is 0 Å². The molecular formula is C26H28N4O4S2. The first-order chi connectivity index (χ1) is 17.4. The number of benzene rings is 1. The predicted octanol–water partition coefficient (Wildman–Crippen LogP) is 4.25. The number of anilines is 1. The standard InChI is InChI=1S/C26H28N4O4S2/c1-4-34-14-6-13-30-25(32)21(36-26(30)35)15-20-22(27-16-18-8-10-19(33-3)11-9-18)28-23-17(2)7-5-12-29(23)24(20)31/h5,7-12,15,27H,4,6,13-14,16H2,1-3H3/b21-15-. The van der Waals surface area contributed by atoms with Crippen LogP contribution in [-0.4, -0.2) is 51.4 Å². The maximum absolute atomic E-state index is 13.5. The summed E-state index contributed by atoms with van der Waals surface area (Å²) >= 11 is 6.64. The van der Waals surface area contributed by atoms with Gasteiger partial charge in [-0.1, -0.05) is 42.2 Å². The summed E-state index contributed by atoms with van der Waals surface area (Å²) in [6.45, 7) is 5.93. The fraction of sp³-hybridized carbons (Fsp3) is 0.308. The molecule has 1 aliphatic heterocycles. The summed E-state index contributed by atoms with van der Waals surface area (Å²) in [6, 6.07) is 11.3. The summed E-state index contributed by atoms with van der Waals surface area (Å²) in [7, 11) is 1.62. The lowest BCUT2D eigenvalue weighted by Gasteiger charge is -2.14. The van der Waals surface area contributed by atoms with Gasteiger partial charge in [-0.2, -0.15) is 0 Å². The Bertz CT molecular complexity index is 1370. The van der Waals surface area contributed by atoms with E-state index in [4.69, 9.17) is 26.7 Å². The van der Waals surface area contributed by atoms with Crippen LogP contribution in [0.1, 0.15) is 30.0 Å².